The first-order valence-corrected chi connectivity index (χ1v) is 6.80. The molecule has 0 atom stereocenters. The van der Waals surface area contributed by atoms with E-state index in [-0.39, 0.29) is 0 Å². The van der Waals surface area contributed by atoms with Crippen LogP contribution in [-0.4, -0.2) is 15.1 Å². The Bertz CT molecular complexity index is 741. The summed E-state index contributed by atoms with van der Waals surface area (Å²) in [7, 11) is 0. The third-order valence-corrected chi connectivity index (χ3v) is 3.54. The number of rotatable bonds is 3. The van der Waals surface area contributed by atoms with Gasteiger partial charge in [-0.2, -0.15) is 4.98 Å². The number of aromatic nitrogens is 3. The number of halogens is 1. The van der Waals surface area contributed by atoms with Crippen molar-refractivity contribution in [2.75, 3.05) is 5.73 Å². The van der Waals surface area contributed by atoms with E-state index in [4.69, 9.17) is 10.3 Å². The van der Waals surface area contributed by atoms with Gasteiger partial charge in [-0.3, -0.25) is 0 Å². The maximum absolute atomic E-state index is 5.64. The molecule has 2 aromatic heterocycles. The predicted molar refractivity (Wildman–Crippen MR) is 78.9 cm³/mol. The van der Waals surface area contributed by atoms with Crippen molar-refractivity contribution in [2.24, 2.45) is 0 Å². The van der Waals surface area contributed by atoms with E-state index in [0.29, 0.717) is 29.6 Å². The summed E-state index contributed by atoms with van der Waals surface area (Å²) in [6, 6.07) is 13.2. The Morgan fingerprint density at radius 1 is 1.05 bits per heavy atom. The maximum atomic E-state index is 5.64. The second-order valence-electron chi connectivity index (χ2n) is 4.23. The molecule has 0 aliphatic rings. The van der Waals surface area contributed by atoms with Gasteiger partial charge in [0, 0.05) is 10.9 Å². The van der Waals surface area contributed by atoms with Crippen LogP contribution in [0.4, 0.5) is 5.82 Å². The van der Waals surface area contributed by atoms with Gasteiger partial charge < -0.3 is 10.3 Å². The predicted octanol–water partition coefficient (Wildman–Crippen LogP) is 3.07. The fraction of sp³-hybridized carbons (Fsp3) is 0.0714. The minimum atomic E-state index is 0.374. The summed E-state index contributed by atoms with van der Waals surface area (Å²) in [5.74, 6) is 1.41. The van der Waals surface area contributed by atoms with Crippen LogP contribution < -0.4 is 5.73 Å². The van der Waals surface area contributed by atoms with Crippen molar-refractivity contribution in [3.8, 4) is 11.6 Å². The molecule has 0 saturated heterocycles. The fourth-order valence-corrected chi connectivity index (χ4v) is 2.24. The summed E-state index contributed by atoms with van der Waals surface area (Å²) in [5, 5.41) is 3.97. The smallest absolute Gasteiger partial charge is 0.276 e. The van der Waals surface area contributed by atoms with E-state index in [1.165, 1.54) is 0 Å². The first-order valence-electron chi connectivity index (χ1n) is 6.01. The van der Waals surface area contributed by atoms with Gasteiger partial charge in [0.1, 0.15) is 11.5 Å². The summed E-state index contributed by atoms with van der Waals surface area (Å²) >= 11 is 3.50. The average molecular weight is 331 g/mol. The Morgan fingerprint density at radius 2 is 1.90 bits per heavy atom. The van der Waals surface area contributed by atoms with Crippen LogP contribution in [0.5, 0.6) is 0 Å². The number of nitrogens with zero attached hydrogens (tertiary/aromatic N) is 3. The normalized spacial score (nSPS) is 10.7. The highest BCUT2D eigenvalue weighted by Gasteiger charge is 2.11. The molecular formula is C14H11BrN4O. The van der Waals surface area contributed by atoms with Crippen molar-refractivity contribution < 1.29 is 4.52 Å². The van der Waals surface area contributed by atoms with Crippen LogP contribution in [0.25, 0.3) is 11.6 Å². The molecule has 0 bridgehead atoms. The van der Waals surface area contributed by atoms with Gasteiger partial charge >= 0.3 is 0 Å². The lowest BCUT2D eigenvalue weighted by atomic mass is 10.1. The molecule has 0 spiro atoms. The Balaban J connectivity index is 1.86. The molecule has 2 heterocycles. The fourth-order valence-electron chi connectivity index (χ4n) is 1.81. The van der Waals surface area contributed by atoms with Crippen LogP contribution in [0.3, 0.4) is 0 Å². The topological polar surface area (TPSA) is 77.8 Å². The summed E-state index contributed by atoms with van der Waals surface area (Å²) < 4.78 is 6.24. The summed E-state index contributed by atoms with van der Waals surface area (Å²) in [6.45, 7) is 0. The minimum absolute atomic E-state index is 0.374. The number of nitrogens with two attached hydrogens (primary N) is 1. The Kier molecular flexibility index (Phi) is 3.47. The number of hydrogen-bond donors (Lipinski definition) is 1. The molecule has 20 heavy (non-hydrogen) atoms. The van der Waals surface area contributed by atoms with Crippen molar-refractivity contribution in [1.82, 2.24) is 15.1 Å². The van der Waals surface area contributed by atoms with E-state index in [1.807, 2.05) is 24.3 Å². The summed E-state index contributed by atoms with van der Waals surface area (Å²) in [5.41, 5.74) is 7.32. The maximum Gasteiger partial charge on any atom is 0.276 e. The zero-order chi connectivity index (χ0) is 13.9. The molecule has 1 aromatic carbocycles. The number of nitrogen functional groups attached to an aromatic ring is 1. The van der Waals surface area contributed by atoms with E-state index in [2.05, 4.69) is 31.1 Å². The molecule has 5 nitrogen and oxygen atoms in total. The van der Waals surface area contributed by atoms with Gasteiger partial charge in [-0.15, -0.1) is 0 Å². The van der Waals surface area contributed by atoms with E-state index in [9.17, 15) is 0 Å². The van der Waals surface area contributed by atoms with Gasteiger partial charge in [0.2, 0.25) is 0 Å². The Morgan fingerprint density at radius 3 is 2.70 bits per heavy atom. The van der Waals surface area contributed by atoms with E-state index >= 15 is 0 Å². The van der Waals surface area contributed by atoms with Gasteiger partial charge in [0.15, 0.2) is 5.82 Å². The highest BCUT2D eigenvalue weighted by atomic mass is 79.9. The number of anilines is 1. The molecule has 0 amide bonds. The lowest BCUT2D eigenvalue weighted by Gasteiger charge is -1.99. The lowest BCUT2D eigenvalue weighted by molar-refractivity contribution is 0.422. The zero-order valence-electron chi connectivity index (χ0n) is 10.5. The third-order valence-electron chi connectivity index (χ3n) is 2.76. The SMILES string of the molecule is Nc1cccc(-c2nc(Cc3ccccc3Br)no2)n1. The highest BCUT2D eigenvalue weighted by Crippen LogP contribution is 2.20. The first kappa shape index (κ1) is 12.8. The van der Waals surface area contributed by atoms with Gasteiger partial charge in [-0.25, -0.2) is 4.98 Å². The number of hydrogen-bond acceptors (Lipinski definition) is 5. The molecule has 100 valence electrons. The summed E-state index contributed by atoms with van der Waals surface area (Å²) in [4.78, 5) is 8.49. The lowest BCUT2D eigenvalue weighted by Crippen LogP contribution is -1.93. The van der Waals surface area contributed by atoms with Crippen LogP contribution in [-0.2, 0) is 6.42 Å². The minimum Gasteiger partial charge on any atom is -0.384 e. The van der Waals surface area contributed by atoms with Crippen molar-refractivity contribution >= 4 is 21.7 Å². The molecule has 0 aliphatic heterocycles. The molecule has 0 radical (unpaired) electrons. The van der Waals surface area contributed by atoms with Crippen LogP contribution in [0.15, 0.2) is 51.5 Å². The monoisotopic (exact) mass is 330 g/mol. The zero-order valence-corrected chi connectivity index (χ0v) is 12.0. The van der Waals surface area contributed by atoms with Gasteiger partial charge in [-0.1, -0.05) is 45.4 Å². The average Bonchev–Trinajstić information content (AvgIpc) is 2.90. The molecule has 3 aromatic rings. The van der Waals surface area contributed by atoms with Crippen LogP contribution >= 0.6 is 15.9 Å². The quantitative estimate of drug-likeness (QED) is 0.798. The Labute approximate surface area is 124 Å². The van der Waals surface area contributed by atoms with Crippen molar-refractivity contribution in [2.45, 2.75) is 6.42 Å². The van der Waals surface area contributed by atoms with Crippen LogP contribution in [0, 0.1) is 0 Å². The van der Waals surface area contributed by atoms with E-state index in [1.54, 1.807) is 18.2 Å². The standard InChI is InChI=1S/C14H11BrN4O/c15-10-5-2-1-4-9(10)8-13-18-14(20-19-13)11-6-3-7-12(16)17-11/h1-7H,8H2,(H2,16,17). The second-order valence-corrected chi connectivity index (χ2v) is 5.09. The third kappa shape index (κ3) is 2.70. The van der Waals surface area contributed by atoms with Crippen molar-refractivity contribution in [3.05, 3.63) is 58.3 Å². The molecule has 0 fully saturated rings. The number of pyridine rings is 1. The van der Waals surface area contributed by atoms with Gasteiger partial charge in [-0.05, 0) is 23.8 Å². The van der Waals surface area contributed by atoms with Crippen LogP contribution in [0.1, 0.15) is 11.4 Å². The first-order chi connectivity index (χ1) is 9.72. The molecule has 6 heteroatoms. The van der Waals surface area contributed by atoms with Crippen LogP contribution in [0.2, 0.25) is 0 Å². The van der Waals surface area contributed by atoms with Gasteiger partial charge in [0.05, 0.1) is 0 Å². The highest BCUT2D eigenvalue weighted by molar-refractivity contribution is 9.10. The number of benzene rings is 1. The van der Waals surface area contributed by atoms with Gasteiger partial charge in [0.25, 0.3) is 5.89 Å². The second kappa shape index (κ2) is 5.42. The molecule has 3 rings (SSSR count). The van der Waals surface area contributed by atoms with Crippen molar-refractivity contribution in [1.29, 1.82) is 0 Å². The molecule has 0 aliphatic carbocycles. The molecular weight excluding hydrogens is 320 g/mol. The molecule has 0 saturated carbocycles. The molecule has 2 N–H and O–H groups in total. The molecule has 0 unspecified atom stereocenters. The van der Waals surface area contributed by atoms with Crippen molar-refractivity contribution in [3.63, 3.8) is 0 Å². The Hall–Kier alpha value is -2.21. The largest absolute Gasteiger partial charge is 0.384 e. The van der Waals surface area contributed by atoms with E-state index < -0.39 is 0 Å². The van der Waals surface area contributed by atoms with E-state index in [0.717, 1.165) is 10.0 Å². The summed E-state index contributed by atoms with van der Waals surface area (Å²) in [6.07, 6.45) is 0.591.